The predicted molar refractivity (Wildman–Crippen MR) is 89.1 cm³/mol. The molecule has 1 nitrogen and oxygen atoms in total. The number of pyridine rings is 1. The Morgan fingerprint density at radius 2 is 2.00 bits per heavy atom. The van der Waals surface area contributed by atoms with E-state index >= 15 is 0 Å². The zero-order chi connectivity index (χ0) is 14.7. The number of benzene rings is 1. The topological polar surface area (TPSA) is 12.9 Å². The van der Waals surface area contributed by atoms with Gasteiger partial charge in [0.1, 0.15) is 0 Å². The minimum absolute atomic E-state index is 0.390. The van der Waals surface area contributed by atoms with Crippen molar-refractivity contribution in [2.75, 3.05) is 0 Å². The molecule has 21 heavy (non-hydrogen) atoms. The number of nitrogens with zero attached hydrogens (tertiary/aromatic N) is 1. The van der Waals surface area contributed by atoms with Gasteiger partial charge in [0.2, 0.25) is 0 Å². The maximum Gasteiger partial charge on any atom is 0.0443 e. The van der Waals surface area contributed by atoms with Gasteiger partial charge < -0.3 is 0 Å². The summed E-state index contributed by atoms with van der Waals surface area (Å²) in [5, 5.41) is 0. The average molecular weight is 275 g/mol. The van der Waals surface area contributed by atoms with Gasteiger partial charge in [0.05, 0.1) is 0 Å². The Morgan fingerprint density at radius 3 is 2.76 bits per heavy atom. The van der Waals surface area contributed by atoms with Gasteiger partial charge in [0, 0.05) is 17.8 Å². The van der Waals surface area contributed by atoms with Crippen molar-refractivity contribution in [3.05, 3.63) is 84.2 Å². The third-order valence-electron chi connectivity index (χ3n) is 4.45. The number of hydrogen-bond donors (Lipinski definition) is 0. The van der Waals surface area contributed by atoms with Crippen molar-refractivity contribution in [2.24, 2.45) is 5.92 Å². The van der Waals surface area contributed by atoms with Crippen LogP contribution in [0.15, 0.2) is 67.4 Å². The smallest absolute Gasteiger partial charge is 0.0443 e. The Bertz CT molecular complexity index is 655. The Hall–Kier alpha value is -2.15. The van der Waals surface area contributed by atoms with E-state index in [1.807, 2.05) is 18.3 Å². The molecule has 2 aromatic rings. The second kappa shape index (κ2) is 6.09. The third-order valence-corrected chi connectivity index (χ3v) is 4.45. The maximum absolute atomic E-state index is 4.57. The monoisotopic (exact) mass is 275 g/mol. The van der Waals surface area contributed by atoms with Crippen LogP contribution in [0.1, 0.15) is 36.1 Å². The van der Waals surface area contributed by atoms with Crippen LogP contribution in [-0.4, -0.2) is 4.98 Å². The fourth-order valence-corrected chi connectivity index (χ4v) is 3.31. The highest BCUT2D eigenvalue weighted by Gasteiger charge is 2.26. The molecule has 0 aliphatic heterocycles. The molecule has 1 heterocycles. The highest BCUT2D eigenvalue weighted by Crippen LogP contribution is 2.40. The van der Waals surface area contributed by atoms with Gasteiger partial charge in [-0.1, -0.05) is 49.4 Å². The van der Waals surface area contributed by atoms with Crippen molar-refractivity contribution in [1.82, 2.24) is 4.98 Å². The average Bonchev–Trinajstić information content (AvgIpc) is 2.97. The molecule has 1 aliphatic rings. The minimum Gasteiger partial charge on any atom is -0.261 e. The molecule has 3 rings (SSSR count). The number of aromatic nitrogens is 1. The quantitative estimate of drug-likeness (QED) is 0.698. The van der Waals surface area contributed by atoms with E-state index in [0.29, 0.717) is 11.8 Å². The molecule has 2 unspecified atom stereocenters. The molecule has 106 valence electrons. The first-order valence-corrected chi connectivity index (χ1v) is 7.61. The summed E-state index contributed by atoms with van der Waals surface area (Å²) >= 11 is 0. The number of rotatable bonds is 5. The molecule has 0 saturated heterocycles. The Balaban J connectivity index is 1.93. The van der Waals surface area contributed by atoms with E-state index in [9.17, 15) is 0 Å². The van der Waals surface area contributed by atoms with Crippen LogP contribution in [0.5, 0.6) is 0 Å². The summed E-state index contributed by atoms with van der Waals surface area (Å²) in [6.45, 7) is 6.25. The van der Waals surface area contributed by atoms with Crippen LogP contribution in [0.25, 0.3) is 5.57 Å². The van der Waals surface area contributed by atoms with Crippen molar-refractivity contribution in [3.8, 4) is 0 Å². The van der Waals surface area contributed by atoms with E-state index in [1.165, 1.54) is 16.7 Å². The van der Waals surface area contributed by atoms with E-state index in [4.69, 9.17) is 0 Å². The normalized spacial score (nSPS) is 16.0. The maximum atomic E-state index is 4.57. The minimum atomic E-state index is 0.390. The summed E-state index contributed by atoms with van der Waals surface area (Å²) in [5.41, 5.74) is 5.48. The van der Waals surface area contributed by atoms with E-state index < -0.39 is 0 Å². The number of allylic oxidation sites excluding steroid dienone is 3. The molecule has 0 saturated carbocycles. The number of fused-ring (bicyclic) bond motifs is 1. The van der Waals surface area contributed by atoms with Gasteiger partial charge in [-0.2, -0.15) is 0 Å². The first-order valence-electron chi connectivity index (χ1n) is 7.61. The molecule has 0 radical (unpaired) electrons. The molecular weight excluding hydrogens is 254 g/mol. The van der Waals surface area contributed by atoms with Crippen LogP contribution >= 0.6 is 0 Å². The van der Waals surface area contributed by atoms with Crippen molar-refractivity contribution < 1.29 is 0 Å². The fraction of sp³-hybridized carbons (Fsp3) is 0.250. The molecule has 2 atom stereocenters. The fourth-order valence-electron chi connectivity index (χ4n) is 3.31. The van der Waals surface area contributed by atoms with Crippen LogP contribution < -0.4 is 0 Å². The van der Waals surface area contributed by atoms with Crippen LogP contribution in [0.4, 0.5) is 0 Å². The van der Waals surface area contributed by atoms with Crippen molar-refractivity contribution >= 4 is 5.57 Å². The van der Waals surface area contributed by atoms with Crippen LogP contribution in [0.3, 0.4) is 0 Å². The summed E-state index contributed by atoms with van der Waals surface area (Å²) in [5.74, 6) is 0.836. The molecule has 0 amide bonds. The van der Waals surface area contributed by atoms with E-state index in [1.54, 1.807) is 0 Å². The van der Waals surface area contributed by atoms with E-state index in [-0.39, 0.29) is 0 Å². The lowest BCUT2D eigenvalue weighted by Gasteiger charge is -2.24. The zero-order valence-corrected chi connectivity index (χ0v) is 12.5. The molecule has 0 bridgehead atoms. The van der Waals surface area contributed by atoms with Crippen molar-refractivity contribution in [3.63, 3.8) is 0 Å². The third kappa shape index (κ3) is 2.69. The Morgan fingerprint density at radius 1 is 1.19 bits per heavy atom. The summed E-state index contributed by atoms with van der Waals surface area (Å²) in [7, 11) is 0. The summed E-state index contributed by atoms with van der Waals surface area (Å²) in [4.78, 5) is 4.57. The van der Waals surface area contributed by atoms with Crippen LogP contribution in [0.2, 0.25) is 0 Å². The van der Waals surface area contributed by atoms with Gasteiger partial charge in [-0.3, -0.25) is 4.98 Å². The van der Waals surface area contributed by atoms with Crippen LogP contribution in [-0.2, 0) is 6.42 Å². The summed E-state index contributed by atoms with van der Waals surface area (Å²) < 4.78 is 0. The van der Waals surface area contributed by atoms with Crippen molar-refractivity contribution in [1.29, 1.82) is 0 Å². The van der Waals surface area contributed by atoms with Gasteiger partial charge in [-0.15, -0.1) is 6.58 Å². The van der Waals surface area contributed by atoms with Gasteiger partial charge in [0.25, 0.3) is 0 Å². The van der Waals surface area contributed by atoms with Gasteiger partial charge >= 0.3 is 0 Å². The molecule has 0 fully saturated rings. The second-order valence-corrected chi connectivity index (χ2v) is 5.69. The highest BCUT2D eigenvalue weighted by atomic mass is 14.7. The Labute approximate surface area is 127 Å². The SMILES string of the molecule is C=CCC(c1ccccn1)C(C)C1=CCc2ccccc21. The molecule has 0 N–H and O–H groups in total. The molecule has 1 heteroatoms. The first-order chi connectivity index (χ1) is 10.3. The molecule has 1 aliphatic carbocycles. The lowest BCUT2D eigenvalue weighted by Crippen LogP contribution is -2.12. The van der Waals surface area contributed by atoms with Crippen molar-refractivity contribution in [2.45, 2.75) is 25.7 Å². The van der Waals surface area contributed by atoms with Gasteiger partial charge in [-0.05, 0) is 47.6 Å². The highest BCUT2D eigenvalue weighted by molar-refractivity contribution is 5.74. The van der Waals surface area contributed by atoms with Gasteiger partial charge in [-0.25, -0.2) is 0 Å². The lowest BCUT2D eigenvalue weighted by atomic mass is 9.81. The predicted octanol–water partition coefficient (Wildman–Crippen LogP) is 5.02. The first kappa shape index (κ1) is 13.8. The second-order valence-electron chi connectivity index (χ2n) is 5.69. The zero-order valence-electron chi connectivity index (χ0n) is 12.5. The number of hydrogen-bond acceptors (Lipinski definition) is 1. The molecular formula is C20H21N. The van der Waals surface area contributed by atoms with E-state index in [0.717, 1.165) is 18.5 Å². The Kier molecular flexibility index (Phi) is 4.01. The lowest BCUT2D eigenvalue weighted by molar-refractivity contribution is 0.553. The van der Waals surface area contributed by atoms with E-state index in [2.05, 4.69) is 61.0 Å². The molecule has 1 aromatic carbocycles. The largest absolute Gasteiger partial charge is 0.261 e. The van der Waals surface area contributed by atoms with Crippen LogP contribution in [0, 0.1) is 5.92 Å². The summed E-state index contributed by atoms with van der Waals surface area (Å²) in [6.07, 6.45) is 8.29. The summed E-state index contributed by atoms with van der Waals surface area (Å²) in [6, 6.07) is 14.9. The van der Waals surface area contributed by atoms with Gasteiger partial charge in [0.15, 0.2) is 0 Å². The molecule has 0 spiro atoms. The standard InChI is InChI=1S/C20H21N/c1-3-8-18(20-11-6-7-14-21-20)15(2)17-13-12-16-9-4-5-10-19(16)17/h3-7,9-11,13-15,18H,1,8,12H2,2H3. The molecule has 1 aromatic heterocycles.